The van der Waals surface area contributed by atoms with Crippen molar-refractivity contribution < 1.29 is 19.0 Å². The lowest BCUT2D eigenvalue weighted by atomic mass is 10.3. The molecule has 0 aromatic rings. The van der Waals surface area contributed by atoms with Crippen molar-refractivity contribution in [3.8, 4) is 0 Å². The molecule has 0 fully saturated rings. The van der Waals surface area contributed by atoms with Crippen LogP contribution >= 0.6 is 0 Å². The summed E-state index contributed by atoms with van der Waals surface area (Å²) in [4.78, 5) is 11.8. The van der Waals surface area contributed by atoms with Crippen LogP contribution in [0.1, 0.15) is 41.0 Å². The zero-order valence-corrected chi connectivity index (χ0v) is 14.4. The first-order valence-electron chi connectivity index (χ1n) is 6.59. The Kier molecular flexibility index (Phi) is 8.54. The van der Waals surface area contributed by atoms with Gasteiger partial charge >= 0.3 is 5.97 Å². The monoisotopic (exact) mass is 274 g/mol. The Morgan fingerprint density at radius 2 is 1.61 bits per heavy atom. The zero-order chi connectivity index (χ0) is 14.1. The first-order chi connectivity index (χ1) is 8.38. The molecule has 0 aromatic heterocycles. The molecule has 0 saturated carbocycles. The highest BCUT2D eigenvalue weighted by molar-refractivity contribution is 6.08. The standard InChI is InChI=1S/C13H26O4Si/c1-9(2)16-13(17-10(3)4)11(5)12(14)15-7-6-8-18/h9-10H,6-8H2,1-5,18H3. The number of esters is 1. The lowest BCUT2D eigenvalue weighted by molar-refractivity contribution is -0.140. The molecule has 106 valence electrons. The number of hydrogen-bond acceptors (Lipinski definition) is 4. The van der Waals surface area contributed by atoms with Gasteiger partial charge in [-0.1, -0.05) is 6.04 Å². The fraction of sp³-hybridized carbons (Fsp3) is 0.769. The van der Waals surface area contributed by atoms with Crippen LogP contribution in [0, 0.1) is 0 Å². The second-order valence-electron chi connectivity index (χ2n) is 4.74. The molecule has 0 amide bonds. The summed E-state index contributed by atoms with van der Waals surface area (Å²) in [5, 5.41) is 0. The minimum absolute atomic E-state index is 0.0388. The van der Waals surface area contributed by atoms with Crippen LogP contribution in [0.25, 0.3) is 0 Å². The van der Waals surface area contributed by atoms with Crippen LogP contribution in [-0.4, -0.2) is 35.0 Å². The van der Waals surface area contributed by atoms with E-state index in [-0.39, 0.29) is 24.1 Å². The predicted octanol–water partition coefficient (Wildman–Crippen LogP) is 1.78. The van der Waals surface area contributed by atoms with Crippen LogP contribution in [0.5, 0.6) is 0 Å². The molecular weight excluding hydrogens is 248 g/mol. The Labute approximate surface area is 113 Å². The van der Waals surface area contributed by atoms with Crippen LogP contribution < -0.4 is 0 Å². The van der Waals surface area contributed by atoms with Crippen molar-refractivity contribution in [3.05, 3.63) is 11.5 Å². The van der Waals surface area contributed by atoms with E-state index in [0.29, 0.717) is 12.2 Å². The van der Waals surface area contributed by atoms with Gasteiger partial charge in [0.2, 0.25) is 0 Å². The van der Waals surface area contributed by atoms with Gasteiger partial charge in [-0.2, -0.15) is 0 Å². The first kappa shape index (κ1) is 17.0. The molecule has 0 aliphatic rings. The lowest BCUT2D eigenvalue weighted by Crippen LogP contribution is -2.16. The van der Waals surface area contributed by atoms with Crippen LogP contribution in [-0.2, 0) is 19.0 Å². The molecule has 0 spiro atoms. The van der Waals surface area contributed by atoms with E-state index in [1.807, 2.05) is 27.7 Å². The molecule has 0 radical (unpaired) electrons. The van der Waals surface area contributed by atoms with E-state index in [1.165, 1.54) is 0 Å². The van der Waals surface area contributed by atoms with Crippen LogP contribution in [0.4, 0.5) is 0 Å². The molecule has 0 aliphatic heterocycles. The Bertz CT molecular complexity index is 273. The predicted molar refractivity (Wildman–Crippen MR) is 75.5 cm³/mol. The summed E-state index contributed by atoms with van der Waals surface area (Å²) in [6, 6.07) is 1.13. The quantitative estimate of drug-likeness (QED) is 0.222. The molecule has 0 unspecified atom stereocenters. The second-order valence-corrected chi connectivity index (χ2v) is 5.74. The average Bonchev–Trinajstić information content (AvgIpc) is 2.26. The van der Waals surface area contributed by atoms with Crippen molar-refractivity contribution >= 4 is 16.2 Å². The largest absolute Gasteiger partial charge is 0.462 e. The smallest absolute Gasteiger partial charge is 0.340 e. The molecule has 0 atom stereocenters. The summed E-state index contributed by atoms with van der Waals surface area (Å²) in [5.74, 6) is -0.0858. The number of carbonyl (C=O) groups excluding carboxylic acids is 1. The van der Waals surface area contributed by atoms with Crippen molar-refractivity contribution in [2.45, 2.75) is 59.3 Å². The van der Waals surface area contributed by atoms with E-state index < -0.39 is 0 Å². The highest BCUT2D eigenvalue weighted by atomic mass is 28.1. The molecule has 18 heavy (non-hydrogen) atoms. The first-order valence-corrected chi connectivity index (χ1v) is 8.01. The molecule has 5 heteroatoms. The third kappa shape index (κ3) is 7.37. The molecule has 0 rings (SSSR count). The summed E-state index contributed by atoms with van der Waals surface area (Å²) < 4.78 is 16.2. The van der Waals surface area contributed by atoms with Gasteiger partial charge in [-0.05, 0) is 41.0 Å². The van der Waals surface area contributed by atoms with E-state index >= 15 is 0 Å². The molecule has 0 bridgehead atoms. The van der Waals surface area contributed by atoms with Crippen molar-refractivity contribution in [1.29, 1.82) is 0 Å². The van der Waals surface area contributed by atoms with E-state index in [4.69, 9.17) is 14.2 Å². The maximum atomic E-state index is 11.8. The summed E-state index contributed by atoms with van der Waals surface area (Å²) in [6.07, 6.45) is 0.850. The summed E-state index contributed by atoms with van der Waals surface area (Å²) in [5.41, 5.74) is 0.394. The topological polar surface area (TPSA) is 44.8 Å². The van der Waals surface area contributed by atoms with Crippen molar-refractivity contribution in [3.63, 3.8) is 0 Å². The molecule has 0 aliphatic carbocycles. The van der Waals surface area contributed by atoms with E-state index in [9.17, 15) is 4.79 Å². The number of hydrogen-bond donors (Lipinski definition) is 0. The minimum Gasteiger partial charge on any atom is -0.462 e. The van der Waals surface area contributed by atoms with Gasteiger partial charge in [0.25, 0.3) is 5.95 Å². The minimum atomic E-state index is -0.360. The van der Waals surface area contributed by atoms with Crippen LogP contribution in [0.3, 0.4) is 0 Å². The number of carbonyl (C=O) groups is 1. The molecule has 0 aromatic carbocycles. The molecular formula is C13H26O4Si. The summed E-state index contributed by atoms with van der Waals surface area (Å²) >= 11 is 0. The fourth-order valence-electron chi connectivity index (χ4n) is 1.13. The van der Waals surface area contributed by atoms with Gasteiger partial charge in [0.1, 0.15) is 5.57 Å². The van der Waals surface area contributed by atoms with E-state index in [2.05, 4.69) is 0 Å². The summed E-state index contributed by atoms with van der Waals surface area (Å²) in [7, 11) is 1.14. The Morgan fingerprint density at radius 1 is 1.11 bits per heavy atom. The van der Waals surface area contributed by atoms with Gasteiger partial charge in [0.05, 0.1) is 18.8 Å². The number of ether oxygens (including phenoxy) is 3. The van der Waals surface area contributed by atoms with E-state index in [0.717, 1.165) is 22.7 Å². The summed E-state index contributed by atoms with van der Waals surface area (Å²) in [6.45, 7) is 9.71. The lowest BCUT2D eigenvalue weighted by Gasteiger charge is -2.19. The molecule has 0 N–H and O–H groups in total. The van der Waals surface area contributed by atoms with Gasteiger partial charge in [-0.15, -0.1) is 0 Å². The Balaban J connectivity index is 4.66. The van der Waals surface area contributed by atoms with Gasteiger partial charge in [-0.25, -0.2) is 4.79 Å². The Morgan fingerprint density at radius 3 is 2.00 bits per heavy atom. The Hall–Kier alpha value is -0.973. The highest BCUT2D eigenvalue weighted by Crippen LogP contribution is 2.14. The van der Waals surface area contributed by atoms with Crippen LogP contribution in [0.15, 0.2) is 11.5 Å². The van der Waals surface area contributed by atoms with Gasteiger partial charge in [0, 0.05) is 10.2 Å². The van der Waals surface area contributed by atoms with E-state index in [1.54, 1.807) is 6.92 Å². The third-order valence-electron chi connectivity index (χ3n) is 2.03. The molecule has 4 nitrogen and oxygen atoms in total. The molecule has 0 saturated heterocycles. The normalized spacial score (nSPS) is 10.6. The van der Waals surface area contributed by atoms with Gasteiger partial charge in [-0.3, -0.25) is 0 Å². The van der Waals surface area contributed by atoms with Crippen molar-refractivity contribution in [1.82, 2.24) is 0 Å². The number of rotatable bonds is 8. The van der Waals surface area contributed by atoms with Crippen LogP contribution in [0.2, 0.25) is 6.04 Å². The fourth-order valence-corrected chi connectivity index (χ4v) is 1.42. The third-order valence-corrected chi connectivity index (χ3v) is 2.74. The zero-order valence-electron chi connectivity index (χ0n) is 12.4. The SMILES string of the molecule is CC(C(=O)OCCC[SiH3])=C(OC(C)C)OC(C)C. The maximum absolute atomic E-state index is 11.8. The second kappa shape index (κ2) is 9.02. The molecule has 0 heterocycles. The average molecular weight is 274 g/mol. The maximum Gasteiger partial charge on any atom is 0.340 e. The van der Waals surface area contributed by atoms with Crippen molar-refractivity contribution in [2.24, 2.45) is 0 Å². The van der Waals surface area contributed by atoms with Gasteiger partial charge in [0.15, 0.2) is 0 Å². The highest BCUT2D eigenvalue weighted by Gasteiger charge is 2.17. The van der Waals surface area contributed by atoms with Crippen molar-refractivity contribution in [2.75, 3.05) is 6.61 Å². The van der Waals surface area contributed by atoms with Gasteiger partial charge < -0.3 is 14.2 Å².